The third kappa shape index (κ3) is 8.81. The van der Waals surface area contributed by atoms with Gasteiger partial charge in [0.05, 0.1) is 19.8 Å². The lowest BCUT2D eigenvalue weighted by molar-refractivity contribution is 0.0554. The predicted molar refractivity (Wildman–Crippen MR) is 63.4 cm³/mol. The van der Waals surface area contributed by atoms with Gasteiger partial charge in [-0.15, -0.1) is 0 Å². The van der Waals surface area contributed by atoms with Crippen molar-refractivity contribution in [2.45, 2.75) is 13.8 Å². The summed E-state index contributed by atoms with van der Waals surface area (Å²) in [6, 6.07) is 0. The minimum Gasteiger partial charge on any atom is -0.382 e. The highest BCUT2D eigenvalue weighted by Crippen LogP contribution is 1.91. The lowest BCUT2D eigenvalue weighted by Crippen LogP contribution is -2.44. The third-order valence-corrected chi connectivity index (χ3v) is 2.19. The number of nitrogens with zero attached hydrogens (tertiary/aromatic N) is 1. The Balaban J connectivity index is 0.000000921. The summed E-state index contributed by atoms with van der Waals surface area (Å²) in [7, 11) is 1.69. The highest BCUT2D eigenvalue weighted by molar-refractivity contribution is 4.66. The molecular weight excluding hydrogens is 192 g/mol. The van der Waals surface area contributed by atoms with Gasteiger partial charge >= 0.3 is 0 Å². The van der Waals surface area contributed by atoms with E-state index in [-0.39, 0.29) is 0 Å². The van der Waals surface area contributed by atoms with E-state index in [0.29, 0.717) is 13.2 Å². The van der Waals surface area contributed by atoms with Gasteiger partial charge in [0.15, 0.2) is 0 Å². The second-order valence-corrected chi connectivity index (χ2v) is 3.20. The molecule has 0 aromatic rings. The van der Waals surface area contributed by atoms with Crippen molar-refractivity contribution in [2.75, 3.05) is 59.7 Å². The minimum absolute atomic E-state index is 0.696. The summed E-state index contributed by atoms with van der Waals surface area (Å²) < 4.78 is 10.3. The molecule has 0 amide bonds. The molecule has 1 aliphatic rings. The fourth-order valence-electron chi connectivity index (χ4n) is 1.37. The first-order valence-corrected chi connectivity index (χ1v) is 5.93. The molecule has 0 saturated carbocycles. The van der Waals surface area contributed by atoms with Crippen molar-refractivity contribution in [1.82, 2.24) is 10.2 Å². The van der Waals surface area contributed by atoms with Gasteiger partial charge in [-0.1, -0.05) is 13.8 Å². The molecular formula is C11H26N2O2. The van der Waals surface area contributed by atoms with Crippen molar-refractivity contribution in [3.63, 3.8) is 0 Å². The molecule has 0 aromatic heterocycles. The van der Waals surface area contributed by atoms with E-state index in [4.69, 9.17) is 9.47 Å². The first kappa shape index (κ1) is 14.8. The van der Waals surface area contributed by atoms with Crippen molar-refractivity contribution in [1.29, 1.82) is 0 Å². The second kappa shape index (κ2) is 11.9. The Morgan fingerprint density at radius 1 is 1.07 bits per heavy atom. The number of hydrogen-bond donors (Lipinski definition) is 1. The van der Waals surface area contributed by atoms with Crippen LogP contribution in [-0.4, -0.2) is 64.6 Å². The first-order chi connectivity index (χ1) is 7.43. The molecule has 0 unspecified atom stereocenters. The number of ether oxygens (including phenoxy) is 2. The number of nitrogens with one attached hydrogen (secondary N) is 1. The lowest BCUT2D eigenvalue weighted by Gasteiger charge is -2.26. The molecule has 92 valence electrons. The van der Waals surface area contributed by atoms with E-state index in [1.165, 1.54) is 0 Å². The first-order valence-electron chi connectivity index (χ1n) is 5.93. The van der Waals surface area contributed by atoms with Crippen molar-refractivity contribution in [3.8, 4) is 0 Å². The number of piperazine rings is 1. The zero-order chi connectivity index (χ0) is 11.4. The normalized spacial score (nSPS) is 17.0. The molecule has 0 bridgehead atoms. The summed E-state index contributed by atoms with van der Waals surface area (Å²) in [5.41, 5.74) is 0. The van der Waals surface area contributed by atoms with E-state index in [1.807, 2.05) is 13.8 Å². The molecule has 1 N–H and O–H groups in total. The lowest BCUT2D eigenvalue weighted by atomic mass is 10.4. The van der Waals surface area contributed by atoms with Gasteiger partial charge < -0.3 is 14.8 Å². The van der Waals surface area contributed by atoms with E-state index < -0.39 is 0 Å². The average molecular weight is 218 g/mol. The van der Waals surface area contributed by atoms with Crippen molar-refractivity contribution in [2.24, 2.45) is 0 Å². The Morgan fingerprint density at radius 3 is 2.33 bits per heavy atom. The summed E-state index contributed by atoms with van der Waals surface area (Å²) in [6.07, 6.45) is 0. The molecule has 1 fully saturated rings. The second-order valence-electron chi connectivity index (χ2n) is 3.20. The summed E-state index contributed by atoms with van der Waals surface area (Å²) >= 11 is 0. The van der Waals surface area contributed by atoms with Gasteiger partial charge in [0.25, 0.3) is 0 Å². The smallest absolute Gasteiger partial charge is 0.0700 e. The Bertz CT molecular complexity index is 117. The van der Waals surface area contributed by atoms with Crippen LogP contribution in [0.25, 0.3) is 0 Å². The molecule has 1 heterocycles. The van der Waals surface area contributed by atoms with Gasteiger partial charge in [-0.25, -0.2) is 0 Å². The van der Waals surface area contributed by atoms with E-state index >= 15 is 0 Å². The Labute approximate surface area is 93.9 Å². The molecule has 4 heteroatoms. The molecule has 15 heavy (non-hydrogen) atoms. The highest BCUT2D eigenvalue weighted by Gasteiger charge is 2.07. The molecule has 1 aliphatic heterocycles. The Kier molecular flexibility index (Phi) is 11.8. The van der Waals surface area contributed by atoms with Crippen LogP contribution in [0.1, 0.15) is 13.8 Å². The molecule has 0 aromatic carbocycles. The number of rotatable bonds is 6. The monoisotopic (exact) mass is 218 g/mol. The maximum atomic E-state index is 5.39. The molecule has 0 radical (unpaired) electrons. The van der Waals surface area contributed by atoms with Crippen LogP contribution in [-0.2, 0) is 9.47 Å². The van der Waals surface area contributed by atoms with E-state index in [1.54, 1.807) is 7.11 Å². The van der Waals surface area contributed by atoms with Crippen LogP contribution in [0.4, 0.5) is 0 Å². The topological polar surface area (TPSA) is 33.7 Å². The molecule has 1 rings (SSSR count). The van der Waals surface area contributed by atoms with Crippen LogP contribution in [0.3, 0.4) is 0 Å². The van der Waals surface area contributed by atoms with Crippen molar-refractivity contribution in [3.05, 3.63) is 0 Å². The minimum atomic E-state index is 0.696. The summed E-state index contributed by atoms with van der Waals surface area (Å²) in [5, 5.41) is 3.32. The Morgan fingerprint density at radius 2 is 1.73 bits per heavy atom. The number of methoxy groups -OCH3 is 1. The van der Waals surface area contributed by atoms with Gasteiger partial charge in [-0.2, -0.15) is 0 Å². The van der Waals surface area contributed by atoms with Crippen LogP contribution in [0.5, 0.6) is 0 Å². The van der Waals surface area contributed by atoms with Crippen LogP contribution < -0.4 is 5.32 Å². The zero-order valence-corrected chi connectivity index (χ0v) is 10.4. The summed E-state index contributed by atoms with van der Waals surface area (Å²) in [5.74, 6) is 0. The molecule has 4 nitrogen and oxygen atoms in total. The quantitative estimate of drug-likeness (QED) is 0.661. The predicted octanol–water partition coefficient (Wildman–Crippen LogP) is 0.581. The molecule has 1 saturated heterocycles. The zero-order valence-electron chi connectivity index (χ0n) is 10.4. The molecule has 0 aliphatic carbocycles. The maximum Gasteiger partial charge on any atom is 0.0700 e. The van der Waals surface area contributed by atoms with Crippen molar-refractivity contribution >= 4 is 0 Å². The largest absolute Gasteiger partial charge is 0.382 e. The summed E-state index contributed by atoms with van der Waals surface area (Å²) in [4.78, 5) is 2.42. The van der Waals surface area contributed by atoms with Crippen LogP contribution in [0.2, 0.25) is 0 Å². The van der Waals surface area contributed by atoms with E-state index in [9.17, 15) is 0 Å². The van der Waals surface area contributed by atoms with Crippen LogP contribution in [0.15, 0.2) is 0 Å². The SMILES string of the molecule is CC.COCCOCCN1CCNCC1. The van der Waals surface area contributed by atoms with Gasteiger partial charge in [-0.05, 0) is 0 Å². The highest BCUT2D eigenvalue weighted by atomic mass is 16.5. The fourth-order valence-corrected chi connectivity index (χ4v) is 1.37. The fraction of sp³-hybridized carbons (Fsp3) is 1.00. The van der Waals surface area contributed by atoms with E-state index in [2.05, 4.69) is 10.2 Å². The van der Waals surface area contributed by atoms with Crippen LogP contribution >= 0.6 is 0 Å². The van der Waals surface area contributed by atoms with Crippen molar-refractivity contribution < 1.29 is 9.47 Å². The van der Waals surface area contributed by atoms with Gasteiger partial charge in [-0.3, -0.25) is 4.90 Å². The average Bonchev–Trinajstić information content (AvgIpc) is 2.33. The molecule has 0 spiro atoms. The van der Waals surface area contributed by atoms with E-state index in [0.717, 1.165) is 39.3 Å². The van der Waals surface area contributed by atoms with Gasteiger partial charge in [0.2, 0.25) is 0 Å². The molecule has 0 atom stereocenters. The Hall–Kier alpha value is -0.160. The third-order valence-electron chi connectivity index (χ3n) is 2.19. The van der Waals surface area contributed by atoms with Gasteiger partial charge in [0.1, 0.15) is 0 Å². The summed E-state index contributed by atoms with van der Waals surface area (Å²) in [6.45, 7) is 11.8. The standard InChI is InChI=1S/C9H20N2O2.C2H6/c1-12-8-9-13-7-6-11-4-2-10-3-5-11;1-2/h10H,2-9H2,1H3;1-2H3. The van der Waals surface area contributed by atoms with Gasteiger partial charge in [0, 0.05) is 39.8 Å². The van der Waals surface area contributed by atoms with Crippen LogP contribution in [0, 0.1) is 0 Å². The number of hydrogen-bond acceptors (Lipinski definition) is 4. The maximum absolute atomic E-state index is 5.39.